The van der Waals surface area contributed by atoms with E-state index in [-0.39, 0.29) is 92.8 Å². The van der Waals surface area contributed by atoms with Crippen LogP contribution in [0.25, 0.3) is 0 Å². The summed E-state index contributed by atoms with van der Waals surface area (Å²) in [4.78, 5) is 92.0. The fraction of sp³-hybridized carbons (Fsp3) is 0.712. The van der Waals surface area contributed by atoms with Crippen molar-refractivity contribution in [2.75, 3.05) is 9.80 Å². The normalized spacial score (nSPS) is 23.5. The minimum absolute atomic E-state index is 0.00577. The molecule has 6 N–H and O–H groups in total. The average molecular weight is 1210 g/mol. The van der Waals surface area contributed by atoms with Gasteiger partial charge in [0.05, 0.1) is 39.6 Å². The first-order chi connectivity index (χ1) is 38.9. The Hall–Kier alpha value is -5.27. The third kappa shape index (κ3) is 22.5. The molecule has 18 heteroatoms. The Morgan fingerprint density at radius 2 is 0.976 bits per heavy atom. The van der Waals surface area contributed by atoms with Gasteiger partial charge in [0.25, 0.3) is 0 Å². The smallest absolute Gasteiger partial charge is 0.348 e. The summed E-state index contributed by atoms with van der Waals surface area (Å²) in [6, 6.07) is 2.68. The van der Waals surface area contributed by atoms with Crippen molar-refractivity contribution >= 4 is 75.7 Å². The number of hydrogen-bond donors (Lipinski definition) is 5. The Balaban J connectivity index is 0.000000295. The molecule has 0 spiro atoms. The molecule has 2 amide bonds. The molecule has 4 aliphatic rings. The van der Waals surface area contributed by atoms with Crippen molar-refractivity contribution in [3.63, 3.8) is 0 Å². The van der Waals surface area contributed by atoms with Crippen LogP contribution in [0.4, 0.5) is 11.4 Å². The second-order valence-corrected chi connectivity index (χ2v) is 29.8. The van der Waals surface area contributed by atoms with E-state index in [2.05, 4.69) is 37.5 Å². The Bertz CT molecular complexity index is 2690. The zero-order chi connectivity index (χ0) is 63.2. The first kappa shape index (κ1) is 71.2. The number of thiophene rings is 2. The largest absolute Gasteiger partial charge is 0.481 e. The molecule has 2 heterocycles. The first-order valence-electron chi connectivity index (χ1n) is 30.5. The van der Waals surface area contributed by atoms with E-state index in [4.69, 9.17) is 20.3 Å². The fourth-order valence-electron chi connectivity index (χ4n) is 10.9. The number of carboxylic acids is 3. The maximum atomic E-state index is 14.0. The van der Waals surface area contributed by atoms with Gasteiger partial charge in [0, 0.05) is 34.7 Å². The summed E-state index contributed by atoms with van der Waals surface area (Å²) < 4.78 is 10.8. The molecule has 4 saturated carbocycles. The molecule has 16 nitrogen and oxygen atoms in total. The molecule has 0 bridgehead atoms. The number of carbonyl (C=O) groups is 7. The van der Waals surface area contributed by atoms with Gasteiger partial charge in [0.15, 0.2) is 0 Å². The van der Waals surface area contributed by atoms with Crippen LogP contribution in [0.1, 0.15) is 242 Å². The van der Waals surface area contributed by atoms with Crippen molar-refractivity contribution in [2.45, 2.75) is 249 Å². The van der Waals surface area contributed by atoms with E-state index < -0.39 is 41.4 Å². The molecule has 2 atom stereocenters. The van der Waals surface area contributed by atoms with Crippen LogP contribution in [0.15, 0.2) is 12.1 Å². The van der Waals surface area contributed by atoms with Crippen molar-refractivity contribution < 1.29 is 63.5 Å². The number of anilines is 2. The highest BCUT2D eigenvalue weighted by atomic mass is 32.1. The monoisotopic (exact) mass is 1210 g/mol. The average Bonchev–Trinajstić information content (AvgIpc) is 3.14. The summed E-state index contributed by atoms with van der Waals surface area (Å²) >= 11 is 2.28. The first-order valence-corrected chi connectivity index (χ1v) is 32.1. The molecule has 468 valence electrons. The minimum Gasteiger partial charge on any atom is -0.481 e. The van der Waals surface area contributed by atoms with Gasteiger partial charge in [-0.2, -0.15) is 0 Å². The number of aromatic carboxylic acids is 2. The number of ether oxygens (including phenoxy) is 2. The number of rotatable bonds is 15. The van der Waals surface area contributed by atoms with Crippen molar-refractivity contribution in [1.29, 1.82) is 0 Å². The lowest BCUT2D eigenvalue weighted by atomic mass is 9.81. The van der Waals surface area contributed by atoms with Crippen LogP contribution in [0.3, 0.4) is 0 Å². The highest BCUT2D eigenvalue weighted by Crippen LogP contribution is 2.41. The number of hydrogen-bond acceptors (Lipinski definition) is 13. The zero-order valence-corrected chi connectivity index (χ0v) is 54.5. The predicted octanol–water partition coefficient (Wildman–Crippen LogP) is 13.2. The van der Waals surface area contributed by atoms with Crippen LogP contribution in [0.5, 0.6) is 0 Å². The molecular weight excluding hydrogens is 1110 g/mol. The summed E-state index contributed by atoms with van der Waals surface area (Å²) in [5.41, 5.74) is 5.93. The van der Waals surface area contributed by atoms with Gasteiger partial charge in [0.1, 0.15) is 27.5 Å². The molecule has 84 heavy (non-hydrogen) atoms. The third-order valence-corrected chi connectivity index (χ3v) is 18.0. The quantitative estimate of drug-likeness (QED) is 0.0822. The SMILES string of the molecule is CC(C)[C@H](CC(=O)OC(C)(C)C)C(=O)O.CC1CCC(C(=O)N(c2cc(C#CC(C)(C)C)sc2C(=O)O)C2CCC(O)CC2)CC1.CC1CCC(C(=O)N(c2cc(C#CC(C)(C)C)sc2C(=O)O)C2CCC(OC(=O)[C@@H](N)C(C)C)CC2)CC1. The molecule has 4 aliphatic carbocycles. The lowest BCUT2D eigenvalue weighted by Crippen LogP contribution is -2.48. The second-order valence-electron chi connectivity index (χ2n) is 27.7. The highest BCUT2D eigenvalue weighted by molar-refractivity contribution is 7.15. The minimum atomic E-state index is -1.05. The molecule has 0 unspecified atom stereocenters. The van der Waals surface area contributed by atoms with Crippen molar-refractivity contribution in [1.82, 2.24) is 0 Å². The van der Waals surface area contributed by atoms with Crippen LogP contribution in [0.2, 0.25) is 0 Å². The Morgan fingerprint density at radius 1 is 0.595 bits per heavy atom. The number of nitrogens with two attached hydrogens (primary N) is 1. The van der Waals surface area contributed by atoms with Crippen LogP contribution in [0, 0.1) is 75.9 Å². The lowest BCUT2D eigenvalue weighted by molar-refractivity contribution is -0.160. The van der Waals surface area contributed by atoms with Gasteiger partial charge < -0.3 is 45.4 Å². The van der Waals surface area contributed by atoms with Gasteiger partial charge in [-0.15, -0.1) is 22.7 Å². The van der Waals surface area contributed by atoms with Gasteiger partial charge in [-0.3, -0.25) is 24.0 Å². The predicted molar refractivity (Wildman–Crippen MR) is 332 cm³/mol. The van der Waals surface area contributed by atoms with E-state index in [9.17, 15) is 48.9 Å². The van der Waals surface area contributed by atoms with E-state index >= 15 is 0 Å². The number of nitrogens with zero attached hydrogens (tertiary/aromatic N) is 2. The van der Waals surface area contributed by atoms with Crippen LogP contribution in [-0.2, 0) is 33.4 Å². The van der Waals surface area contributed by atoms with Gasteiger partial charge in [0.2, 0.25) is 11.8 Å². The number of aliphatic hydroxyl groups excluding tert-OH is 1. The summed E-state index contributed by atoms with van der Waals surface area (Å²) in [6.07, 6.45) is 11.9. The maximum Gasteiger partial charge on any atom is 0.348 e. The number of carbonyl (C=O) groups excluding carboxylic acids is 4. The Kier molecular flexibility index (Phi) is 26.6. The summed E-state index contributed by atoms with van der Waals surface area (Å²) in [7, 11) is 0. The highest BCUT2D eigenvalue weighted by Gasteiger charge is 2.40. The lowest BCUT2D eigenvalue weighted by Gasteiger charge is -2.39. The van der Waals surface area contributed by atoms with Crippen molar-refractivity contribution in [2.24, 2.45) is 58.0 Å². The number of aliphatic hydroxyl groups is 1. The third-order valence-electron chi connectivity index (χ3n) is 15.9. The molecule has 2 aromatic rings. The standard InChI is InChI=1S/C30H44N2O5S.C25H35NO4S.C11H20O4/c1-18(2)25(31)29(36)37-22-13-11-21(12-14-22)32(27(33)20-9-7-19(3)8-10-20)24-17-23(15-16-30(4,5)6)38-26(24)28(34)35;1-16-5-7-17(8-6-16)23(28)26(18-9-11-19(27)12-10-18)21-15-20(13-14-25(2,3)4)31-22(21)24(29)30;1-7(2)8(10(13)14)6-9(12)15-11(3,4)5/h17-22,25H,7-14,31H2,1-6H3,(H,34,35);15-19,27H,5-12H2,1-4H3,(H,29,30);7-8H,6H2,1-5H3,(H,13,14)/t19?,20?,21?,22?,25-;;8-/m0.0/s1. The molecular formula is C66H99N3O13S2. The topological polar surface area (TPSA) is 251 Å². The second kappa shape index (κ2) is 31.4. The Morgan fingerprint density at radius 3 is 1.30 bits per heavy atom. The molecule has 0 radical (unpaired) electrons. The van der Waals surface area contributed by atoms with Crippen LogP contribution in [-0.4, -0.2) is 98.0 Å². The number of aliphatic carboxylic acids is 1. The molecule has 0 aromatic carbocycles. The Labute approximate surface area is 508 Å². The van der Waals surface area contributed by atoms with Gasteiger partial charge in [-0.1, -0.05) is 65.2 Å². The molecule has 0 saturated heterocycles. The summed E-state index contributed by atoms with van der Waals surface area (Å²) in [6.45, 7) is 29.1. The van der Waals surface area contributed by atoms with Crippen LogP contribution < -0.4 is 15.5 Å². The molecule has 2 aromatic heterocycles. The van der Waals surface area contributed by atoms with E-state index in [1.54, 1.807) is 56.6 Å². The zero-order valence-electron chi connectivity index (χ0n) is 52.9. The van der Waals surface area contributed by atoms with Gasteiger partial charge in [-0.05, 0) is 201 Å². The number of amides is 2. The number of esters is 2. The van der Waals surface area contributed by atoms with Crippen molar-refractivity contribution in [3.8, 4) is 23.7 Å². The summed E-state index contributed by atoms with van der Waals surface area (Å²) in [5.74, 6) is 9.11. The van der Waals surface area contributed by atoms with Crippen LogP contribution >= 0.6 is 22.7 Å². The van der Waals surface area contributed by atoms with Crippen molar-refractivity contribution in [3.05, 3.63) is 31.6 Å². The van der Waals surface area contributed by atoms with Gasteiger partial charge >= 0.3 is 29.8 Å². The number of carboxylic acid groups (broad SMARTS) is 3. The maximum absolute atomic E-state index is 14.0. The molecule has 4 fully saturated rings. The fourth-order valence-corrected chi connectivity index (χ4v) is 12.6. The van der Waals surface area contributed by atoms with E-state index in [0.717, 1.165) is 74.0 Å². The molecule has 0 aliphatic heterocycles. The summed E-state index contributed by atoms with van der Waals surface area (Å²) in [5, 5.41) is 38.8. The van der Waals surface area contributed by atoms with E-state index in [1.807, 2.05) is 55.4 Å². The van der Waals surface area contributed by atoms with E-state index in [0.29, 0.717) is 84.3 Å². The van der Waals surface area contributed by atoms with Gasteiger partial charge in [-0.25, -0.2) is 9.59 Å². The molecule has 6 rings (SSSR count). The van der Waals surface area contributed by atoms with E-state index in [1.165, 1.54) is 0 Å².